The summed E-state index contributed by atoms with van der Waals surface area (Å²) >= 11 is 1.83. The molecule has 2 aliphatic rings. The predicted octanol–water partition coefficient (Wildman–Crippen LogP) is 3.45. The van der Waals surface area contributed by atoms with Gasteiger partial charge in [-0.05, 0) is 63.6 Å². The molecule has 0 aromatic carbocycles. The number of ether oxygens (including phenoxy) is 1. The minimum Gasteiger partial charge on any atom is -0.381 e. The Balaban J connectivity index is 0.00000261. The van der Waals surface area contributed by atoms with Gasteiger partial charge in [-0.15, -0.1) is 35.3 Å². The fourth-order valence-corrected chi connectivity index (χ4v) is 4.75. The maximum atomic E-state index is 5.67. The van der Waals surface area contributed by atoms with Crippen LogP contribution in [-0.2, 0) is 11.2 Å². The molecule has 0 atom stereocenters. The van der Waals surface area contributed by atoms with Crippen LogP contribution in [0.2, 0.25) is 0 Å². The van der Waals surface area contributed by atoms with Crippen molar-refractivity contribution in [3.63, 3.8) is 0 Å². The van der Waals surface area contributed by atoms with Crippen molar-refractivity contribution in [2.75, 3.05) is 53.0 Å². The molecule has 0 spiro atoms. The van der Waals surface area contributed by atoms with Crippen LogP contribution < -0.4 is 5.32 Å². The van der Waals surface area contributed by atoms with E-state index in [9.17, 15) is 0 Å². The molecule has 154 valence electrons. The number of halogens is 1. The van der Waals surface area contributed by atoms with Crippen molar-refractivity contribution in [1.82, 2.24) is 15.1 Å². The molecule has 1 aromatic heterocycles. The fourth-order valence-electron chi connectivity index (χ4n) is 4.05. The van der Waals surface area contributed by atoms with Crippen LogP contribution >= 0.6 is 35.3 Å². The van der Waals surface area contributed by atoms with E-state index < -0.39 is 0 Å². The number of rotatable bonds is 7. The van der Waals surface area contributed by atoms with Gasteiger partial charge in [-0.2, -0.15) is 0 Å². The van der Waals surface area contributed by atoms with Gasteiger partial charge in [0.1, 0.15) is 0 Å². The van der Waals surface area contributed by atoms with Crippen molar-refractivity contribution < 1.29 is 4.74 Å². The summed E-state index contributed by atoms with van der Waals surface area (Å²) in [5, 5.41) is 5.64. The number of hydrogen-bond donors (Lipinski definition) is 1. The summed E-state index contributed by atoms with van der Waals surface area (Å²) in [6, 6.07) is 4.34. The lowest BCUT2D eigenvalue weighted by atomic mass is 9.88. The Hall–Kier alpha value is -0.380. The first-order chi connectivity index (χ1) is 12.7. The molecule has 0 amide bonds. The quantitative estimate of drug-likeness (QED) is 0.350. The minimum atomic E-state index is 0. The first kappa shape index (κ1) is 22.9. The second kappa shape index (κ2) is 11.6. The monoisotopic (exact) mass is 506 g/mol. The van der Waals surface area contributed by atoms with Crippen LogP contribution in [0.4, 0.5) is 0 Å². The molecule has 0 saturated carbocycles. The van der Waals surface area contributed by atoms with Crippen molar-refractivity contribution in [2.24, 2.45) is 4.99 Å². The number of aliphatic imine (C=N–C) groups is 1. The summed E-state index contributed by atoms with van der Waals surface area (Å²) in [6.07, 6.45) is 5.94. The second-order valence-corrected chi connectivity index (χ2v) is 8.48. The summed E-state index contributed by atoms with van der Waals surface area (Å²) in [6.45, 7) is 9.11. The number of guanidine groups is 1. The summed E-state index contributed by atoms with van der Waals surface area (Å²) in [5.41, 5.74) is 0.198. The zero-order chi connectivity index (χ0) is 18.2. The van der Waals surface area contributed by atoms with Gasteiger partial charge in [0, 0.05) is 43.8 Å². The van der Waals surface area contributed by atoms with Crippen LogP contribution in [0.15, 0.2) is 22.5 Å². The van der Waals surface area contributed by atoms with Crippen LogP contribution in [0.1, 0.15) is 37.5 Å². The van der Waals surface area contributed by atoms with Gasteiger partial charge in [0.15, 0.2) is 5.96 Å². The maximum absolute atomic E-state index is 5.67. The van der Waals surface area contributed by atoms with Crippen molar-refractivity contribution >= 4 is 41.3 Å². The van der Waals surface area contributed by atoms with E-state index in [4.69, 9.17) is 9.73 Å². The first-order valence-corrected chi connectivity index (χ1v) is 11.0. The Morgan fingerprint density at radius 1 is 1.33 bits per heavy atom. The molecule has 0 aliphatic carbocycles. The number of nitrogens with one attached hydrogen (secondary N) is 1. The third kappa shape index (κ3) is 6.30. The van der Waals surface area contributed by atoms with Gasteiger partial charge < -0.3 is 15.0 Å². The van der Waals surface area contributed by atoms with E-state index in [1.165, 1.54) is 30.8 Å². The number of thiophene rings is 1. The summed E-state index contributed by atoms with van der Waals surface area (Å²) < 4.78 is 5.67. The standard InChI is InChI=1S/C20H34N4OS.HI/c1-3-21-19(23(2)13-8-18-7-6-16-26-18)22-17-20(9-14-25-15-10-20)24-11-4-5-12-24;/h6-7,16H,3-5,8-15,17H2,1-2H3,(H,21,22);1H. The van der Waals surface area contributed by atoms with Crippen LogP contribution in [0, 0.1) is 0 Å². The Labute approximate surface area is 185 Å². The molecule has 1 N–H and O–H groups in total. The van der Waals surface area contributed by atoms with Crippen molar-refractivity contribution in [1.29, 1.82) is 0 Å². The van der Waals surface area contributed by atoms with Gasteiger partial charge in [0.05, 0.1) is 6.54 Å². The highest BCUT2D eigenvalue weighted by Gasteiger charge is 2.39. The number of likely N-dealkylation sites (tertiary alicyclic amines) is 1. The molecule has 7 heteroatoms. The highest BCUT2D eigenvalue weighted by atomic mass is 127. The maximum Gasteiger partial charge on any atom is 0.193 e. The summed E-state index contributed by atoms with van der Waals surface area (Å²) in [4.78, 5) is 11.5. The molecule has 3 heterocycles. The highest BCUT2D eigenvalue weighted by molar-refractivity contribution is 14.0. The Kier molecular flexibility index (Phi) is 9.82. The molecule has 27 heavy (non-hydrogen) atoms. The van der Waals surface area contributed by atoms with Crippen molar-refractivity contribution in [2.45, 2.75) is 44.6 Å². The summed E-state index contributed by atoms with van der Waals surface area (Å²) in [7, 11) is 2.15. The smallest absolute Gasteiger partial charge is 0.193 e. The van der Waals surface area contributed by atoms with Gasteiger partial charge in [0.2, 0.25) is 0 Å². The van der Waals surface area contributed by atoms with Crippen LogP contribution in [0.3, 0.4) is 0 Å². The zero-order valence-electron chi connectivity index (χ0n) is 16.8. The van der Waals surface area contributed by atoms with Gasteiger partial charge in [0.25, 0.3) is 0 Å². The number of likely N-dealkylation sites (N-methyl/N-ethyl adjacent to an activating group) is 1. The number of hydrogen-bond acceptors (Lipinski definition) is 4. The fraction of sp³-hybridized carbons (Fsp3) is 0.750. The van der Waals surface area contributed by atoms with E-state index in [0.29, 0.717) is 0 Å². The molecular formula is C20H35IN4OS. The van der Waals surface area contributed by atoms with Crippen molar-refractivity contribution in [3.05, 3.63) is 22.4 Å². The van der Waals surface area contributed by atoms with Crippen LogP contribution in [0.5, 0.6) is 0 Å². The molecule has 1 aromatic rings. The van der Waals surface area contributed by atoms with E-state index >= 15 is 0 Å². The van der Waals surface area contributed by atoms with Gasteiger partial charge in [-0.25, -0.2) is 0 Å². The summed E-state index contributed by atoms with van der Waals surface area (Å²) in [5.74, 6) is 1.04. The molecule has 2 fully saturated rings. The number of nitrogens with zero attached hydrogens (tertiary/aromatic N) is 3. The van der Waals surface area contributed by atoms with E-state index in [2.05, 4.69) is 46.6 Å². The third-order valence-electron chi connectivity index (χ3n) is 5.69. The Morgan fingerprint density at radius 3 is 2.70 bits per heavy atom. The van der Waals surface area contributed by atoms with E-state index in [1.54, 1.807) is 0 Å². The molecule has 5 nitrogen and oxygen atoms in total. The molecule has 0 unspecified atom stereocenters. The predicted molar refractivity (Wildman–Crippen MR) is 126 cm³/mol. The van der Waals surface area contributed by atoms with E-state index in [1.807, 2.05) is 11.3 Å². The minimum absolute atomic E-state index is 0. The normalized spacial score (nSPS) is 20.3. The lowest BCUT2D eigenvalue weighted by Gasteiger charge is -2.43. The Bertz CT molecular complexity index is 554. The first-order valence-electron chi connectivity index (χ1n) is 10.1. The van der Waals surface area contributed by atoms with Gasteiger partial charge >= 0.3 is 0 Å². The van der Waals surface area contributed by atoms with Gasteiger partial charge in [-0.1, -0.05) is 6.07 Å². The third-order valence-corrected chi connectivity index (χ3v) is 6.63. The second-order valence-electron chi connectivity index (χ2n) is 7.45. The molecule has 3 rings (SSSR count). The van der Waals surface area contributed by atoms with Crippen LogP contribution in [-0.4, -0.2) is 74.3 Å². The van der Waals surface area contributed by atoms with Gasteiger partial charge in [-0.3, -0.25) is 9.89 Å². The Morgan fingerprint density at radius 2 is 2.07 bits per heavy atom. The van der Waals surface area contributed by atoms with Crippen LogP contribution in [0.25, 0.3) is 0 Å². The van der Waals surface area contributed by atoms with Crippen molar-refractivity contribution in [3.8, 4) is 0 Å². The van der Waals surface area contributed by atoms with E-state index in [-0.39, 0.29) is 29.5 Å². The average molecular weight is 506 g/mol. The average Bonchev–Trinajstić information content (AvgIpc) is 3.38. The molecule has 0 bridgehead atoms. The topological polar surface area (TPSA) is 40.1 Å². The molecule has 2 aliphatic heterocycles. The SMILES string of the molecule is CCNC(=NCC1(N2CCCC2)CCOCC1)N(C)CCc1cccs1.I. The molecular weight excluding hydrogens is 471 g/mol. The largest absolute Gasteiger partial charge is 0.381 e. The molecule has 2 saturated heterocycles. The lowest BCUT2D eigenvalue weighted by molar-refractivity contribution is -0.0139. The highest BCUT2D eigenvalue weighted by Crippen LogP contribution is 2.31. The molecule has 0 radical (unpaired) electrons. The van der Waals surface area contributed by atoms with E-state index in [0.717, 1.165) is 58.1 Å². The lowest BCUT2D eigenvalue weighted by Crippen LogP contribution is -2.54. The zero-order valence-corrected chi connectivity index (χ0v) is 19.9.